The fraction of sp³-hybridized carbons (Fsp3) is 0.733. The largest absolute Gasteiger partial charge is 0.389 e. The minimum absolute atomic E-state index is 0.0149. The molecule has 16 heavy (non-hydrogen) atoms. The Morgan fingerprint density at radius 3 is 2.88 bits per heavy atom. The molecular formula is C15H24O. The topological polar surface area (TPSA) is 20.2 Å². The normalized spacial score (nSPS) is 43.9. The van der Waals surface area contributed by atoms with Crippen molar-refractivity contribution in [3.63, 3.8) is 0 Å². The SMILES string of the molecule is C=CC[C@]1(C)CCC(=C)[C@@H]2CCCC[C@]21O. The second-order valence-electron chi connectivity index (χ2n) is 5.93. The van der Waals surface area contributed by atoms with Crippen molar-refractivity contribution in [3.8, 4) is 0 Å². The Hall–Kier alpha value is -0.560. The lowest BCUT2D eigenvalue weighted by Gasteiger charge is -2.56. The van der Waals surface area contributed by atoms with Gasteiger partial charge in [-0.1, -0.05) is 38.0 Å². The quantitative estimate of drug-likeness (QED) is 0.701. The molecule has 0 aromatic rings. The van der Waals surface area contributed by atoms with Crippen molar-refractivity contribution < 1.29 is 5.11 Å². The average Bonchev–Trinajstić information content (AvgIpc) is 2.25. The van der Waals surface area contributed by atoms with E-state index in [1.54, 1.807) is 0 Å². The Balaban J connectivity index is 2.34. The third-order valence-corrected chi connectivity index (χ3v) is 5.01. The van der Waals surface area contributed by atoms with Crippen LogP contribution in [0.5, 0.6) is 0 Å². The summed E-state index contributed by atoms with van der Waals surface area (Å²) in [5.74, 6) is 0.333. The Morgan fingerprint density at radius 2 is 2.19 bits per heavy atom. The van der Waals surface area contributed by atoms with Crippen LogP contribution in [0.15, 0.2) is 24.8 Å². The Morgan fingerprint density at radius 1 is 1.44 bits per heavy atom. The minimum Gasteiger partial charge on any atom is -0.389 e. The summed E-state index contributed by atoms with van der Waals surface area (Å²) < 4.78 is 0. The first-order valence-electron chi connectivity index (χ1n) is 6.54. The summed E-state index contributed by atoms with van der Waals surface area (Å²) >= 11 is 0. The molecule has 0 bridgehead atoms. The van der Waals surface area contributed by atoms with Crippen molar-refractivity contribution in [3.05, 3.63) is 24.8 Å². The van der Waals surface area contributed by atoms with Gasteiger partial charge in [0.05, 0.1) is 5.60 Å². The fourth-order valence-electron chi connectivity index (χ4n) is 3.84. The van der Waals surface area contributed by atoms with Gasteiger partial charge in [-0.15, -0.1) is 6.58 Å². The lowest BCUT2D eigenvalue weighted by atomic mass is 9.52. The van der Waals surface area contributed by atoms with Crippen molar-refractivity contribution in [2.24, 2.45) is 11.3 Å². The van der Waals surface area contributed by atoms with Gasteiger partial charge in [-0.05, 0) is 32.1 Å². The van der Waals surface area contributed by atoms with Crippen molar-refractivity contribution >= 4 is 0 Å². The molecule has 0 amide bonds. The third kappa shape index (κ3) is 1.57. The summed E-state index contributed by atoms with van der Waals surface area (Å²) in [6, 6.07) is 0. The number of hydrogen-bond donors (Lipinski definition) is 1. The van der Waals surface area contributed by atoms with Gasteiger partial charge >= 0.3 is 0 Å². The molecule has 2 aliphatic carbocycles. The van der Waals surface area contributed by atoms with Gasteiger partial charge in [-0.2, -0.15) is 0 Å². The van der Waals surface area contributed by atoms with E-state index >= 15 is 0 Å². The molecule has 1 nitrogen and oxygen atoms in total. The van der Waals surface area contributed by atoms with E-state index in [2.05, 4.69) is 20.1 Å². The van der Waals surface area contributed by atoms with Gasteiger partial charge in [0.1, 0.15) is 0 Å². The highest BCUT2D eigenvalue weighted by molar-refractivity contribution is 5.20. The van der Waals surface area contributed by atoms with E-state index in [4.69, 9.17) is 0 Å². The molecule has 90 valence electrons. The zero-order valence-corrected chi connectivity index (χ0v) is 10.5. The molecule has 1 heteroatoms. The Labute approximate surface area is 99.3 Å². The van der Waals surface area contributed by atoms with E-state index in [9.17, 15) is 5.11 Å². The van der Waals surface area contributed by atoms with E-state index in [1.165, 1.54) is 12.0 Å². The van der Waals surface area contributed by atoms with Gasteiger partial charge in [0.25, 0.3) is 0 Å². The van der Waals surface area contributed by atoms with Gasteiger partial charge < -0.3 is 5.11 Å². The Kier molecular flexibility index (Phi) is 3.00. The first-order chi connectivity index (χ1) is 7.53. The highest BCUT2D eigenvalue weighted by Crippen LogP contribution is 2.56. The smallest absolute Gasteiger partial charge is 0.0768 e. The Bertz CT molecular complexity index is 307. The number of fused-ring (bicyclic) bond motifs is 1. The maximum absolute atomic E-state index is 11.1. The second-order valence-corrected chi connectivity index (χ2v) is 5.93. The van der Waals surface area contributed by atoms with Crippen LogP contribution in [-0.4, -0.2) is 10.7 Å². The highest BCUT2D eigenvalue weighted by Gasteiger charge is 2.54. The summed E-state index contributed by atoms with van der Waals surface area (Å²) in [5, 5.41) is 11.1. The monoisotopic (exact) mass is 220 g/mol. The molecule has 0 unspecified atom stereocenters. The molecule has 3 atom stereocenters. The van der Waals surface area contributed by atoms with Gasteiger partial charge in [-0.25, -0.2) is 0 Å². The number of rotatable bonds is 2. The summed E-state index contributed by atoms with van der Waals surface area (Å²) in [6.07, 6.45) is 9.51. The summed E-state index contributed by atoms with van der Waals surface area (Å²) in [6.45, 7) is 10.3. The molecule has 1 N–H and O–H groups in total. The number of aliphatic hydroxyl groups is 1. The predicted molar refractivity (Wildman–Crippen MR) is 68.2 cm³/mol. The predicted octanol–water partition coefficient (Wildman–Crippen LogP) is 3.84. The molecule has 0 radical (unpaired) electrons. The first kappa shape index (κ1) is 11.9. The van der Waals surface area contributed by atoms with Crippen LogP contribution in [0, 0.1) is 11.3 Å². The van der Waals surface area contributed by atoms with Crippen LogP contribution in [-0.2, 0) is 0 Å². The van der Waals surface area contributed by atoms with Gasteiger partial charge in [-0.3, -0.25) is 0 Å². The first-order valence-corrected chi connectivity index (χ1v) is 6.54. The lowest BCUT2D eigenvalue weighted by Crippen LogP contribution is -2.56. The molecule has 2 fully saturated rings. The van der Waals surface area contributed by atoms with E-state index in [-0.39, 0.29) is 5.41 Å². The summed E-state index contributed by atoms with van der Waals surface area (Å²) in [5.41, 5.74) is 0.777. The van der Waals surface area contributed by atoms with E-state index < -0.39 is 5.60 Å². The van der Waals surface area contributed by atoms with Gasteiger partial charge in [0.2, 0.25) is 0 Å². The van der Waals surface area contributed by atoms with Crippen molar-refractivity contribution in [2.75, 3.05) is 0 Å². The van der Waals surface area contributed by atoms with Crippen LogP contribution in [0.1, 0.15) is 51.9 Å². The molecule has 2 saturated carbocycles. The molecule has 0 aliphatic heterocycles. The van der Waals surface area contributed by atoms with E-state index in [0.717, 1.165) is 38.5 Å². The molecular weight excluding hydrogens is 196 g/mol. The maximum atomic E-state index is 11.1. The molecule has 0 saturated heterocycles. The number of allylic oxidation sites excluding steroid dienone is 1. The molecule has 2 rings (SSSR count). The highest BCUT2D eigenvalue weighted by atomic mass is 16.3. The zero-order chi connectivity index (χ0) is 11.8. The third-order valence-electron chi connectivity index (χ3n) is 5.01. The van der Waals surface area contributed by atoms with E-state index in [1.807, 2.05) is 6.08 Å². The van der Waals surface area contributed by atoms with Crippen LogP contribution < -0.4 is 0 Å². The molecule has 2 aliphatic rings. The van der Waals surface area contributed by atoms with Crippen molar-refractivity contribution in [2.45, 2.75) is 57.5 Å². The van der Waals surface area contributed by atoms with Crippen molar-refractivity contribution in [1.82, 2.24) is 0 Å². The van der Waals surface area contributed by atoms with E-state index in [0.29, 0.717) is 5.92 Å². The minimum atomic E-state index is -0.519. The standard InChI is InChI=1S/C15H24O/c1-4-9-14(3)11-8-12(2)13-7-5-6-10-15(13,14)16/h4,13,16H,1-2,5-11H2,3H3/t13-,14+,15-/m0/s1. The van der Waals surface area contributed by atoms with Crippen LogP contribution in [0.3, 0.4) is 0 Å². The molecule has 0 aromatic heterocycles. The van der Waals surface area contributed by atoms with Crippen LogP contribution in [0.4, 0.5) is 0 Å². The van der Waals surface area contributed by atoms with Crippen LogP contribution >= 0.6 is 0 Å². The van der Waals surface area contributed by atoms with Crippen LogP contribution in [0.25, 0.3) is 0 Å². The van der Waals surface area contributed by atoms with Gasteiger partial charge in [0.15, 0.2) is 0 Å². The van der Waals surface area contributed by atoms with Crippen molar-refractivity contribution in [1.29, 1.82) is 0 Å². The molecule has 0 heterocycles. The molecule has 0 spiro atoms. The van der Waals surface area contributed by atoms with Gasteiger partial charge in [0, 0.05) is 11.3 Å². The zero-order valence-electron chi connectivity index (χ0n) is 10.5. The average molecular weight is 220 g/mol. The maximum Gasteiger partial charge on any atom is 0.0768 e. The molecule has 0 aromatic carbocycles. The summed E-state index contributed by atoms with van der Waals surface area (Å²) in [7, 11) is 0. The number of hydrogen-bond acceptors (Lipinski definition) is 1. The van der Waals surface area contributed by atoms with Crippen LogP contribution in [0.2, 0.25) is 0 Å². The lowest BCUT2D eigenvalue weighted by molar-refractivity contribution is -0.146. The summed E-state index contributed by atoms with van der Waals surface area (Å²) in [4.78, 5) is 0. The fourth-order valence-corrected chi connectivity index (χ4v) is 3.84. The second kappa shape index (κ2) is 4.03.